The molecule has 1 amide bonds. The van der Waals surface area contributed by atoms with Crippen LogP contribution < -0.4 is 14.8 Å². The Balaban J connectivity index is 1.84. The summed E-state index contributed by atoms with van der Waals surface area (Å²) >= 11 is 0. The number of amides is 1. The summed E-state index contributed by atoms with van der Waals surface area (Å²) in [6.45, 7) is 1.80. The highest BCUT2D eigenvalue weighted by Crippen LogP contribution is 2.32. The lowest BCUT2D eigenvalue weighted by molar-refractivity contribution is -0.116. The summed E-state index contributed by atoms with van der Waals surface area (Å²) < 4.78 is 47.7. The van der Waals surface area contributed by atoms with E-state index in [-0.39, 0.29) is 22.6 Å². The topological polar surface area (TPSA) is 138 Å². The van der Waals surface area contributed by atoms with Gasteiger partial charge in [-0.2, -0.15) is 4.31 Å². The lowest BCUT2D eigenvalue weighted by Crippen LogP contribution is -2.38. The molecule has 1 N–H and O–H groups in total. The second-order valence-corrected chi connectivity index (χ2v) is 9.00. The third-order valence-electron chi connectivity index (χ3n) is 4.89. The third kappa shape index (κ3) is 5.46. The number of methoxy groups -OCH3 is 2. The fraction of sp³-hybridized carbons (Fsp3) is 0.318. The highest BCUT2D eigenvalue weighted by atomic mass is 32.2. The first-order valence-corrected chi connectivity index (χ1v) is 11.6. The monoisotopic (exact) mass is 492 g/mol. The van der Waals surface area contributed by atoms with Crippen molar-refractivity contribution in [3.8, 4) is 11.5 Å². The van der Waals surface area contributed by atoms with Crippen LogP contribution in [0.2, 0.25) is 0 Å². The number of sulfonamides is 1. The minimum absolute atomic E-state index is 0.0487. The predicted molar refractivity (Wildman–Crippen MR) is 120 cm³/mol. The Morgan fingerprint density at radius 2 is 1.53 bits per heavy atom. The molecule has 0 bridgehead atoms. The Labute approximate surface area is 196 Å². The summed E-state index contributed by atoms with van der Waals surface area (Å²) in [7, 11) is -2.02. The van der Waals surface area contributed by atoms with E-state index in [0.717, 1.165) is 30.7 Å². The quantitative estimate of drug-likeness (QED) is 0.546. The highest BCUT2D eigenvalue weighted by Gasteiger charge is 2.28. The lowest BCUT2D eigenvalue weighted by Gasteiger charge is -2.21. The summed E-state index contributed by atoms with van der Waals surface area (Å²) in [4.78, 5) is 36.3. The van der Waals surface area contributed by atoms with Crippen molar-refractivity contribution in [1.29, 1.82) is 0 Å². The molecule has 12 heteroatoms. The second kappa shape index (κ2) is 10.5. The van der Waals surface area contributed by atoms with Crippen molar-refractivity contribution in [2.75, 3.05) is 45.8 Å². The zero-order valence-electron chi connectivity index (χ0n) is 18.8. The number of nitrogens with zero attached hydrogens (tertiary/aromatic N) is 1. The van der Waals surface area contributed by atoms with Gasteiger partial charge in [0.2, 0.25) is 15.9 Å². The van der Waals surface area contributed by atoms with Crippen LogP contribution in [0.3, 0.4) is 0 Å². The van der Waals surface area contributed by atoms with Gasteiger partial charge in [0.05, 0.1) is 36.8 Å². The number of anilines is 1. The van der Waals surface area contributed by atoms with Gasteiger partial charge in [-0.05, 0) is 30.3 Å². The van der Waals surface area contributed by atoms with Gasteiger partial charge in [0, 0.05) is 18.3 Å². The Hall–Kier alpha value is -3.64. The maximum absolute atomic E-state index is 13.3. The van der Waals surface area contributed by atoms with E-state index >= 15 is 0 Å². The molecule has 2 aromatic rings. The number of likely N-dealkylation sites (N-methyl/N-ethyl adjacent to an activating group) is 1. The third-order valence-corrected chi connectivity index (χ3v) is 6.78. The van der Waals surface area contributed by atoms with Crippen molar-refractivity contribution in [2.24, 2.45) is 0 Å². The largest absolute Gasteiger partial charge is 0.486 e. The summed E-state index contributed by atoms with van der Waals surface area (Å²) in [5.41, 5.74) is 0.102. The number of nitrogens with one attached hydrogen (secondary N) is 1. The molecule has 11 nitrogen and oxygen atoms in total. The average Bonchev–Trinajstić information content (AvgIpc) is 2.85. The van der Waals surface area contributed by atoms with Crippen LogP contribution in [0.15, 0.2) is 41.3 Å². The molecular formula is C22H24N2O9S. The molecule has 0 saturated carbocycles. The maximum atomic E-state index is 13.3. The van der Waals surface area contributed by atoms with E-state index in [4.69, 9.17) is 9.47 Å². The molecule has 34 heavy (non-hydrogen) atoms. The molecule has 182 valence electrons. The normalized spacial score (nSPS) is 12.7. The van der Waals surface area contributed by atoms with Crippen molar-refractivity contribution in [3.05, 3.63) is 47.5 Å². The van der Waals surface area contributed by atoms with Gasteiger partial charge < -0.3 is 24.3 Å². The van der Waals surface area contributed by atoms with Gasteiger partial charge in [-0.1, -0.05) is 6.92 Å². The van der Waals surface area contributed by atoms with Gasteiger partial charge in [0.15, 0.2) is 11.5 Å². The molecular weight excluding hydrogens is 468 g/mol. The first kappa shape index (κ1) is 25.0. The van der Waals surface area contributed by atoms with Crippen LogP contribution in [0, 0.1) is 0 Å². The number of benzene rings is 2. The number of rotatable bonds is 8. The van der Waals surface area contributed by atoms with Crippen LogP contribution >= 0.6 is 0 Å². The fourth-order valence-corrected chi connectivity index (χ4v) is 4.69. The van der Waals surface area contributed by atoms with Crippen LogP contribution in [0.1, 0.15) is 27.6 Å². The molecule has 0 aromatic heterocycles. The Bertz CT molecular complexity index is 1180. The van der Waals surface area contributed by atoms with E-state index in [2.05, 4.69) is 14.8 Å². The molecule has 0 saturated heterocycles. The van der Waals surface area contributed by atoms with Gasteiger partial charge in [0.25, 0.3) is 0 Å². The molecule has 1 heterocycles. The molecule has 0 fully saturated rings. The zero-order chi connectivity index (χ0) is 24.9. The molecule has 1 aliphatic rings. The van der Waals surface area contributed by atoms with E-state index < -0.39 is 34.4 Å². The first-order valence-electron chi connectivity index (χ1n) is 10.2. The van der Waals surface area contributed by atoms with Crippen LogP contribution in [0.25, 0.3) is 0 Å². The number of hydrogen-bond donors (Lipinski definition) is 1. The smallest absolute Gasteiger partial charge is 0.337 e. The predicted octanol–water partition coefficient (Wildman–Crippen LogP) is 1.68. The first-order chi connectivity index (χ1) is 16.2. The number of ether oxygens (including phenoxy) is 4. The summed E-state index contributed by atoms with van der Waals surface area (Å²) in [5.74, 6) is -1.24. The van der Waals surface area contributed by atoms with Gasteiger partial charge in [-0.25, -0.2) is 18.0 Å². The number of carbonyl (C=O) groups is 3. The van der Waals surface area contributed by atoms with Crippen LogP contribution in [0.5, 0.6) is 11.5 Å². The molecule has 0 radical (unpaired) electrons. The van der Waals surface area contributed by atoms with Crippen molar-refractivity contribution in [3.63, 3.8) is 0 Å². The SMILES string of the molecule is CCN(CC(=O)Nc1ccc2c(c1)OCCO2)S(=O)(=O)c1cc(C(=O)OC)cc(C(=O)OC)c1. The fourth-order valence-electron chi connectivity index (χ4n) is 3.22. The van der Waals surface area contributed by atoms with Crippen LogP contribution in [-0.4, -0.2) is 71.1 Å². The van der Waals surface area contributed by atoms with E-state index in [1.807, 2.05) is 0 Å². The van der Waals surface area contributed by atoms with Crippen molar-refractivity contribution in [2.45, 2.75) is 11.8 Å². The zero-order valence-corrected chi connectivity index (χ0v) is 19.6. The molecule has 0 atom stereocenters. The van der Waals surface area contributed by atoms with Gasteiger partial charge in [-0.15, -0.1) is 0 Å². The van der Waals surface area contributed by atoms with Crippen LogP contribution in [-0.2, 0) is 24.3 Å². The number of esters is 2. The minimum atomic E-state index is -4.27. The summed E-state index contributed by atoms with van der Waals surface area (Å²) in [5, 5.41) is 2.63. The minimum Gasteiger partial charge on any atom is -0.486 e. The second-order valence-electron chi connectivity index (χ2n) is 7.07. The van der Waals surface area contributed by atoms with Gasteiger partial charge in [0.1, 0.15) is 13.2 Å². The van der Waals surface area contributed by atoms with Crippen LogP contribution in [0.4, 0.5) is 5.69 Å². The standard InChI is InChI=1S/C22H24N2O9S/c1-4-24(13-20(25)23-16-5-6-18-19(12-16)33-8-7-32-18)34(28,29)17-10-14(21(26)30-2)9-15(11-17)22(27)31-3/h5-6,9-12H,4,7-8,13H2,1-3H3,(H,23,25). The van der Waals surface area contributed by atoms with E-state index in [0.29, 0.717) is 30.4 Å². The molecule has 2 aromatic carbocycles. The number of fused-ring (bicyclic) bond motifs is 1. The van der Waals surface area contributed by atoms with Gasteiger partial charge >= 0.3 is 11.9 Å². The molecule has 1 aliphatic heterocycles. The lowest BCUT2D eigenvalue weighted by atomic mass is 10.1. The molecule has 0 unspecified atom stereocenters. The molecule has 0 aliphatic carbocycles. The van der Waals surface area contributed by atoms with Crippen molar-refractivity contribution >= 4 is 33.6 Å². The molecule has 0 spiro atoms. The number of hydrogen-bond acceptors (Lipinski definition) is 9. The van der Waals surface area contributed by atoms with Gasteiger partial charge in [-0.3, -0.25) is 4.79 Å². The van der Waals surface area contributed by atoms with Crippen molar-refractivity contribution < 1.29 is 41.7 Å². The van der Waals surface area contributed by atoms with E-state index in [9.17, 15) is 22.8 Å². The Morgan fingerprint density at radius 1 is 0.941 bits per heavy atom. The highest BCUT2D eigenvalue weighted by molar-refractivity contribution is 7.89. The Kier molecular flexibility index (Phi) is 7.74. The van der Waals surface area contributed by atoms with E-state index in [1.54, 1.807) is 25.1 Å². The Morgan fingerprint density at radius 3 is 2.09 bits per heavy atom. The average molecular weight is 493 g/mol. The van der Waals surface area contributed by atoms with Crippen molar-refractivity contribution in [1.82, 2.24) is 4.31 Å². The molecule has 3 rings (SSSR count). The summed E-state index contributed by atoms with van der Waals surface area (Å²) in [6, 6.07) is 8.16. The summed E-state index contributed by atoms with van der Waals surface area (Å²) in [6.07, 6.45) is 0. The van der Waals surface area contributed by atoms with E-state index in [1.165, 1.54) is 6.07 Å². The maximum Gasteiger partial charge on any atom is 0.337 e. The number of carbonyl (C=O) groups excluding carboxylic acids is 3.